The summed E-state index contributed by atoms with van der Waals surface area (Å²) >= 11 is 0. The number of Topliss-reactive ketones (excluding diaryl/α,β-unsaturated/α-hetero) is 1. The average Bonchev–Trinajstić information content (AvgIpc) is 2.03. The monoisotopic (exact) mass is 162 g/mol. The van der Waals surface area contributed by atoms with Crippen LogP contribution in [0.15, 0.2) is 18.5 Å². The van der Waals surface area contributed by atoms with Gasteiger partial charge in [0.1, 0.15) is 0 Å². The molecular weight excluding hydrogens is 152 g/mol. The SMILES string of the molecule is O=C(c1ccnnc1)C1CCC1. The Morgan fingerprint density at radius 2 is 2.25 bits per heavy atom. The van der Waals surface area contributed by atoms with Crippen LogP contribution in [0.25, 0.3) is 0 Å². The number of rotatable bonds is 2. The van der Waals surface area contributed by atoms with E-state index >= 15 is 0 Å². The van der Waals surface area contributed by atoms with Gasteiger partial charge in [0.2, 0.25) is 0 Å². The largest absolute Gasteiger partial charge is 0.294 e. The minimum Gasteiger partial charge on any atom is -0.294 e. The second kappa shape index (κ2) is 3.01. The minimum atomic E-state index is 0.233. The summed E-state index contributed by atoms with van der Waals surface area (Å²) in [5.41, 5.74) is 0.703. The highest BCUT2D eigenvalue weighted by molar-refractivity contribution is 5.97. The fourth-order valence-electron chi connectivity index (χ4n) is 1.34. The molecule has 1 aliphatic rings. The predicted molar refractivity (Wildman–Crippen MR) is 43.7 cm³/mol. The third-order valence-corrected chi connectivity index (χ3v) is 2.34. The van der Waals surface area contributed by atoms with Crippen molar-refractivity contribution in [2.45, 2.75) is 19.3 Å². The zero-order chi connectivity index (χ0) is 8.39. The summed E-state index contributed by atoms with van der Waals surface area (Å²) < 4.78 is 0. The molecule has 0 spiro atoms. The van der Waals surface area contributed by atoms with Gasteiger partial charge < -0.3 is 0 Å². The minimum absolute atomic E-state index is 0.233. The van der Waals surface area contributed by atoms with Gasteiger partial charge >= 0.3 is 0 Å². The molecule has 0 bridgehead atoms. The second-order valence-electron chi connectivity index (χ2n) is 3.12. The van der Waals surface area contributed by atoms with Crippen LogP contribution in [0.4, 0.5) is 0 Å². The van der Waals surface area contributed by atoms with E-state index in [9.17, 15) is 4.79 Å². The molecule has 3 heteroatoms. The maximum atomic E-state index is 11.6. The Balaban J connectivity index is 2.14. The van der Waals surface area contributed by atoms with Crippen molar-refractivity contribution in [3.8, 4) is 0 Å². The molecule has 0 aromatic carbocycles. The predicted octanol–water partition coefficient (Wildman–Crippen LogP) is 1.46. The number of carbonyl (C=O) groups excluding carboxylic acids is 1. The zero-order valence-corrected chi connectivity index (χ0v) is 6.73. The van der Waals surface area contributed by atoms with Crippen molar-refractivity contribution in [2.75, 3.05) is 0 Å². The fourth-order valence-corrected chi connectivity index (χ4v) is 1.34. The average molecular weight is 162 g/mol. The second-order valence-corrected chi connectivity index (χ2v) is 3.12. The molecule has 1 aliphatic carbocycles. The summed E-state index contributed by atoms with van der Waals surface area (Å²) in [5, 5.41) is 7.30. The molecule has 12 heavy (non-hydrogen) atoms. The van der Waals surface area contributed by atoms with Crippen LogP contribution in [-0.2, 0) is 0 Å². The zero-order valence-electron chi connectivity index (χ0n) is 6.73. The molecule has 0 aliphatic heterocycles. The molecule has 2 rings (SSSR count). The van der Waals surface area contributed by atoms with Crippen LogP contribution in [0.3, 0.4) is 0 Å². The molecule has 0 atom stereocenters. The lowest BCUT2D eigenvalue weighted by Crippen LogP contribution is -2.22. The Kier molecular flexibility index (Phi) is 1.86. The first-order valence-corrected chi connectivity index (χ1v) is 4.19. The Labute approximate surface area is 70.8 Å². The van der Waals surface area contributed by atoms with E-state index in [2.05, 4.69) is 10.2 Å². The smallest absolute Gasteiger partial charge is 0.167 e. The topological polar surface area (TPSA) is 42.9 Å². The number of nitrogens with zero attached hydrogens (tertiary/aromatic N) is 2. The Morgan fingerprint density at radius 3 is 2.75 bits per heavy atom. The van der Waals surface area contributed by atoms with E-state index in [1.807, 2.05) is 0 Å². The van der Waals surface area contributed by atoms with Gasteiger partial charge in [-0.2, -0.15) is 10.2 Å². The Hall–Kier alpha value is -1.25. The van der Waals surface area contributed by atoms with Crippen LogP contribution in [-0.4, -0.2) is 16.0 Å². The van der Waals surface area contributed by atoms with Gasteiger partial charge in [0, 0.05) is 11.5 Å². The number of ketones is 1. The van der Waals surface area contributed by atoms with Gasteiger partial charge in [0.15, 0.2) is 5.78 Å². The van der Waals surface area contributed by atoms with E-state index in [1.54, 1.807) is 18.5 Å². The van der Waals surface area contributed by atoms with E-state index < -0.39 is 0 Å². The number of hydrogen-bond donors (Lipinski definition) is 0. The highest BCUT2D eigenvalue weighted by Gasteiger charge is 2.25. The first-order chi connectivity index (χ1) is 5.88. The number of hydrogen-bond acceptors (Lipinski definition) is 3. The summed E-state index contributed by atoms with van der Waals surface area (Å²) in [6.07, 6.45) is 6.38. The maximum Gasteiger partial charge on any atom is 0.167 e. The molecule has 0 N–H and O–H groups in total. The van der Waals surface area contributed by atoms with Crippen LogP contribution in [0.5, 0.6) is 0 Å². The maximum absolute atomic E-state index is 11.6. The van der Waals surface area contributed by atoms with Crippen molar-refractivity contribution in [3.05, 3.63) is 24.0 Å². The first-order valence-electron chi connectivity index (χ1n) is 4.19. The summed E-state index contributed by atoms with van der Waals surface area (Å²) in [7, 11) is 0. The number of carbonyl (C=O) groups is 1. The lowest BCUT2D eigenvalue weighted by atomic mass is 9.80. The summed E-state index contributed by atoms with van der Waals surface area (Å²) in [6.45, 7) is 0. The Morgan fingerprint density at radius 1 is 1.42 bits per heavy atom. The van der Waals surface area contributed by atoms with E-state index in [4.69, 9.17) is 0 Å². The van der Waals surface area contributed by atoms with Crippen molar-refractivity contribution in [1.29, 1.82) is 0 Å². The van der Waals surface area contributed by atoms with E-state index in [0.29, 0.717) is 5.56 Å². The highest BCUT2D eigenvalue weighted by Crippen LogP contribution is 2.29. The normalized spacial score (nSPS) is 17.0. The van der Waals surface area contributed by atoms with Gasteiger partial charge in [-0.3, -0.25) is 4.79 Å². The van der Waals surface area contributed by atoms with Crippen LogP contribution in [0.1, 0.15) is 29.6 Å². The molecule has 1 heterocycles. The van der Waals surface area contributed by atoms with E-state index in [1.165, 1.54) is 6.42 Å². The van der Waals surface area contributed by atoms with Crippen LogP contribution < -0.4 is 0 Å². The quantitative estimate of drug-likeness (QED) is 0.618. The molecule has 1 aromatic rings. The molecule has 1 saturated carbocycles. The first kappa shape index (κ1) is 7.40. The molecule has 0 unspecified atom stereocenters. The lowest BCUT2D eigenvalue weighted by molar-refractivity contribution is 0.0854. The van der Waals surface area contributed by atoms with E-state index in [0.717, 1.165) is 12.8 Å². The summed E-state index contributed by atoms with van der Waals surface area (Å²) in [6, 6.07) is 1.73. The van der Waals surface area contributed by atoms with Crippen LogP contribution >= 0.6 is 0 Å². The molecule has 3 nitrogen and oxygen atoms in total. The lowest BCUT2D eigenvalue weighted by Gasteiger charge is -2.23. The molecule has 0 saturated heterocycles. The fraction of sp³-hybridized carbons (Fsp3) is 0.444. The van der Waals surface area contributed by atoms with Gasteiger partial charge in [-0.25, -0.2) is 0 Å². The molecule has 62 valence electrons. The van der Waals surface area contributed by atoms with Crippen molar-refractivity contribution >= 4 is 5.78 Å². The molecule has 1 aromatic heterocycles. The van der Waals surface area contributed by atoms with Gasteiger partial charge in [-0.15, -0.1) is 0 Å². The summed E-state index contributed by atoms with van der Waals surface area (Å²) in [4.78, 5) is 11.6. The summed E-state index contributed by atoms with van der Waals surface area (Å²) in [5.74, 6) is 0.491. The Bertz CT molecular complexity index is 280. The molecule has 0 amide bonds. The van der Waals surface area contributed by atoms with Gasteiger partial charge in [-0.1, -0.05) is 6.42 Å². The van der Waals surface area contributed by atoms with Gasteiger partial charge in [0.25, 0.3) is 0 Å². The third kappa shape index (κ3) is 1.22. The van der Waals surface area contributed by atoms with Crippen molar-refractivity contribution in [3.63, 3.8) is 0 Å². The van der Waals surface area contributed by atoms with Crippen molar-refractivity contribution in [2.24, 2.45) is 5.92 Å². The van der Waals surface area contributed by atoms with Crippen molar-refractivity contribution in [1.82, 2.24) is 10.2 Å². The number of aromatic nitrogens is 2. The third-order valence-electron chi connectivity index (χ3n) is 2.34. The highest BCUT2D eigenvalue weighted by atomic mass is 16.1. The molecular formula is C9H10N2O. The van der Waals surface area contributed by atoms with E-state index in [-0.39, 0.29) is 11.7 Å². The van der Waals surface area contributed by atoms with Crippen LogP contribution in [0.2, 0.25) is 0 Å². The van der Waals surface area contributed by atoms with Crippen molar-refractivity contribution < 1.29 is 4.79 Å². The standard InChI is InChI=1S/C9H10N2O/c12-9(7-2-1-3-7)8-4-5-10-11-6-8/h4-7H,1-3H2. The van der Waals surface area contributed by atoms with Crippen LogP contribution in [0, 0.1) is 5.92 Å². The molecule has 1 fully saturated rings. The van der Waals surface area contributed by atoms with Gasteiger partial charge in [-0.05, 0) is 18.9 Å². The van der Waals surface area contributed by atoms with Gasteiger partial charge in [0.05, 0.1) is 12.4 Å². The molecule has 0 radical (unpaired) electrons.